The van der Waals surface area contributed by atoms with Crippen molar-refractivity contribution in [1.29, 1.82) is 0 Å². The number of hydrogen-bond acceptors (Lipinski definition) is 6. The van der Waals surface area contributed by atoms with E-state index in [9.17, 15) is 14.7 Å². The zero-order chi connectivity index (χ0) is 23.3. The molecule has 1 unspecified atom stereocenters. The van der Waals surface area contributed by atoms with E-state index in [0.717, 1.165) is 12.8 Å². The number of aliphatic hydroxyl groups is 1. The molecule has 7 nitrogen and oxygen atoms in total. The third-order valence-corrected chi connectivity index (χ3v) is 5.43. The summed E-state index contributed by atoms with van der Waals surface area (Å²) in [6.45, 7) is 4.81. The van der Waals surface area contributed by atoms with Gasteiger partial charge in [0.15, 0.2) is 11.5 Å². The molecule has 7 heteroatoms. The zero-order valence-corrected chi connectivity index (χ0v) is 18.9. The molecule has 0 aliphatic carbocycles. The van der Waals surface area contributed by atoms with E-state index in [2.05, 4.69) is 0 Å². The van der Waals surface area contributed by atoms with E-state index in [1.165, 1.54) is 19.1 Å². The first-order chi connectivity index (χ1) is 15.5. The lowest BCUT2D eigenvalue weighted by molar-refractivity contribution is -0.139. The van der Waals surface area contributed by atoms with Crippen LogP contribution in [-0.2, 0) is 9.59 Å². The Labute approximate surface area is 188 Å². The summed E-state index contributed by atoms with van der Waals surface area (Å²) in [6, 6.07) is 11.4. The Morgan fingerprint density at radius 1 is 1.03 bits per heavy atom. The Bertz CT molecular complexity index is 1030. The summed E-state index contributed by atoms with van der Waals surface area (Å²) in [5, 5.41) is 11.2. The Hall–Kier alpha value is -3.48. The van der Waals surface area contributed by atoms with Gasteiger partial charge in [0.2, 0.25) is 0 Å². The molecule has 1 aliphatic rings. The molecule has 1 amide bonds. The average molecular weight is 440 g/mol. The highest BCUT2D eigenvalue weighted by Crippen LogP contribution is 2.41. The summed E-state index contributed by atoms with van der Waals surface area (Å²) in [4.78, 5) is 27.5. The van der Waals surface area contributed by atoms with Gasteiger partial charge in [-0.3, -0.25) is 9.59 Å². The number of likely N-dealkylation sites (tertiary alicyclic amines) is 1. The lowest BCUT2D eigenvalue weighted by Gasteiger charge is -2.25. The van der Waals surface area contributed by atoms with Crippen molar-refractivity contribution in [1.82, 2.24) is 4.90 Å². The third-order valence-electron chi connectivity index (χ3n) is 5.43. The second-order valence-electron chi connectivity index (χ2n) is 7.42. The maximum absolute atomic E-state index is 13.1. The summed E-state index contributed by atoms with van der Waals surface area (Å²) in [5.74, 6) is -0.0418. The summed E-state index contributed by atoms with van der Waals surface area (Å²) in [5.41, 5.74) is 1.11. The van der Waals surface area contributed by atoms with Crippen molar-refractivity contribution in [3.63, 3.8) is 0 Å². The molecule has 0 radical (unpaired) electrons. The van der Waals surface area contributed by atoms with Crippen LogP contribution in [-0.4, -0.2) is 49.1 Å². The minimum absolute atomic E-state index is 0.0481. The van der Waals surface area contributed by atoms with Crippen molar-refractivity contribution in [2.24, 2.45) is 0 Å². The van der Waals surface area contributed by atoms with E-state index in [1.807, 2.05) is 32.0 Å². The molecule has 3 rings (SSSR count). The molecule has 32 heavy (non-hydrogen) atoms. The number of methoxy groups -OCH3 is 2. The first kappa shape index (κ1) is 23.2. The fourth-order valence-corrected chi connectivity index (χ4v) is 3.87. The monoisotopic (exact) mass is 439 g/mol. The van der Waals surface area contributed by atoms with Crippen LogP contribution in [0.25, 0.3) is 5.76 Å². The fourth-order valence-electron chi connectivity index (χ4n) is 3.87. The summed E-state index contributed by atoms with van der Waals surface area (Å²) < 4.78 is 16.2. The van der Waals surface area contributed by atoms with Gasteiger partial charge in [-0.15, -0.1) is 0 Å². The number of nitrogens with zero attached hydrogens (tertiary/aromatic N) is 1. The molecule has 0 aromatic heterocycles. The van der Waals surface area contributed by atoms with Crippen LogP contribution < -0.4 is 14.2 Å². The topological polar surface area (TPSA) is 85.3 Å². The molecule has 1 aliphatic heterocycles. The minimum Gasteiger partial charge on any atom is -0.507 e. The second kappa shape index (κ2) is 10.2. The van der Waals surface area contributed by atoms with Crippen LogP contribution >= 0.6 is 0 Å². The Morgan fingerprint density at radius 2 is 1.78 bits per heavy atom. The van der Waals surface area contributed by atoms with Gasteiger partial charge < -0.3 is 24.2 Å². The number of carbonyl (C=O) groups excluding carboxylic acids is 2. The predicted molar refractivity (Wildman–Crippen MR) is 121 cm³/mol. The number of carbonyl (C=O) groups is 2. The number of Topliss-reactive ketones (excluding diaryl/α,β-unsaturated/α-hetero) is 1. The molecule has 0 saturated carbocycles. The van der Waals surface area contributed by atoms with Crippen molar-refractivity contribution >= 4 is 17.4 Å². The van der Waals surface area contributed by atoms with Crippen LogP contribution in [0.5, 0.6) is 17.2 Å². The first-order valence-electron chi connectivity index (χ1n) is 10.7. The number of aliphatic hydroxyl groups excluding tert-OH is 1. The molecular weight excluding hydrogens is 410 g/mol. The first-order valence-corrected chi connectivity index (χ1v) is 10.7. The second-order valence-corrected chi connectivity index (χ2v) is 7.42. The van der Waals surface area contributed by atoms with E-state index >= 15 is 0 Å². The lowest BCUT2D eigenvalue weighted by Crippen LogP contribution is -2.30. The molecule has 0 spiro atoms. The number of hydrogen-bond donors (Lipinski definition) is 1. The van der Waals surface area contributed by atoms with E-state index in [4.69, 9.17) is 14.2 Å². The Morgan fingerprint density at radius 3 is 2.44 bits per heavy atom. The predicted octanol–water partition coefficient (Wildman–Crippen LogP) is 4.32. The van der Waals surface area contributed by atoms with Crippen LogP contribution in [0.4, 0.5) is 0 Å². The van der Waals surface area contributed by atoms with Crippen LogP contribution in [0, 0.1) is 0 Å². The van der Waals surface area contributed by atoms with E-state index in [0.29, 0.717) is 41.5 Å². The van der Waals surface area contributed by atoms with Crippen LogP contribution in [0.15, 0.2) is 48.0 Å². The van der Waals surface area contributed by atoms with Gasteiger partial charge in [0.05, 0.1) is 32.4 Å². The normalized spacial score (nSPS) is 17.5. The molecule has 1 saturated heterocycles. The van der Waals surface area contributed by atoms with Crippen molar-refractivity contribution in [3.05, 3.63) is 59.2 Å². The lowest BCUT2D eigenvalue weighted by atomic mass is 9.95. The third kappa shape index (κ3) is 4.42. The van der Waals surface area contributed by atoms with Gasteiger partial charge in [-0.05, 0) is 49.2 Å². The maximum Gasteiger partial charge on any atom is 0.295 e. The number of amides is 1. The number of benzene rings is 2. The molecule has 1 atom stereocenters. The van der Waals surface area contributed by atoms with E-state index in [-0.39, 0.29) is 11.3 Å². The van der Waals surface area contributed by atoms with E-state index in [1.54, 1.807) is 24.3 Å². The SMILES string of the molecule is CCCCN1C(=O)C(=O)/C(=C(/O)c2ccc(OC)c(OC)c2)C1c1cccc(OCC)c1. The highest BCUT2D eigenvalue weighted by molar-refractivity contribution is 6.46. The fraction of sp³-hybridized carbons (Fsp3) is 0.360. The molecule has 1 heterocycles. The van der Waals surface area contributed by atoms with Crippen LogP contribution in [0.3, 0.4) is 0 Å². The minimum atomic E-state index is -0.713. The van der Waals surface area contributed by atoms with Gasteiger partial charge >= 0.3 is 0 Å². The van der Waals surface area contributed by atoms with E-state index < -0.39 is 17.7 Å². The highest BCUT2D eigenvalue weighted by atomic mass is 16.5. The number of rotatable bonds is 9. The molecule has 1 N–H and O–H groups in total. The number of unbranched alkanes of at least 4 members (excludes halogenated alkanes) is 1. The molecular formula is C25H29NO6. The van der Waals surface area contributed by atoms with Crippen molar-refractivity contribution < 1.29 is 28.9 Å². The standard InChI is InChI=1S/C25H29NO6/c1-5-7-13-26-22(16-9-8-10-18(14-16)32-6-2)21(24(28)25(26)29)23(27)17-11-12-19(30-3)20(15-17)31-4/h8-12,14-15,22,27H,5-7,13H2,1-4H3/b23-21+. The molecule has 0 bridgehead atoms. The number of ether oxygens (including phenoxy) is 3. The largest absolute Gasteiger partial charge is 0.507 e. The average Bonchev–Trinajstić information content (AvgIpc) is 3.07. The van der Waals surface area contributed by atoms with Crippen molar-refractivity contribution in [2.45, 2.75) is 32.7 Å². The summed E-state index contributed by atoms with van der Waals surface area (Å²) >= 11 is 0. The van der Waals surface area contributed by atoms with Crippen LogP contribution in [0.2, 0.25) is 0 Å². The molecule has 2 aromatic rings. The zero-order valence-electron chi connectivity index (χ0n) is 18.9. The van der Waals surface area contributed by atoms with Gasteiger partial charge in [0.25, 0.3) is 11.7 Å². The van der Waals surface area contributed by atoms with Gasteiger partial charge in [-0.2, -0.15) is 0 Å². The quantitative estimate of drug-likeness (QED) is 0.356. The van der Waals surface area contributed by atoms with Gasteiger partial charge in [-0.1, -0.05) is 25.5 Å². The Kier molecular flexibility index (Phi) is 7.41. The summed E-state index contributed by atoms with van der Waals surface area (Å²) in [6.07, 6.45) is 1.61. The Balaban J connectivity index is 2.17. The van der Waals surface area contributed by atoms with Crippen molar-refractivity contribution in [2.75, 3.05) is 27.4 Å². The molecule has 170 valence electrons. The highest BCUT2D eigenvalue weighted by Gasteiger charge is 2.45. The van der Waals surface area contributed by atoms with Crippen molar-refractivity contribution in [3.8, 4) is 17.2 Å². The summed E-state index contributed by atoms with van der Waals surface area (Å²) in [7, 11) is 3.01. The van der Waals surface area contributed by atoms with Gasteiger partial charge in [0, 0.05) is 12.1 Å². The van der Waals surface area contributed by atoms with Gasteiger partial charge in [-0.25, -0.2) is 0 Å². The number of ketones is 1. The van der Waals surface area contributed by atoms with Crippen LogP contribution in [0.1, 0.15) is 43.9 Å². The maximum atomic E-state index is 13.1. The smallest absolute Gasteiger partial charge is 0.295 e. The molecule has 1 fully saturated rings. The molecule has 2 aromatic carbocycles. The van der Waals surface area contributed by atoms with Gasteiger partial charge in [0.1, 0.15) is 11.5 Å².